The monoisotopic (exact) mass is 406 g/mol. The molecule has 150 valence electrons. The molecule has 0 bridgehead atoms. The number of carbonyl (C=O) groups excluding carboxylic acids is 1. The number of aromatic nitrogens is 1. The van der Waals surface area contributed by atoms with E-state index >= 15 is 0 Å². The molecule has 1 amide bonds. The maximum Gasteiger partial charge on any atom is 0.296 e. The highest BCUT2D eigenvalue weighted by atomic mass is 19.1. The second-order valence-electron chi connectivity index (χ2n) is 6.96. The fourth-order valence-electron chi connectivity index (χ4n) is 3.78. The van der Waals surface area contributed by atoms with Crippen molar-refractivity contribution in [2.75, 3.05) is 12.0 Å². The third-order valence-corrected chi connectivity index (χ3v) is 5.10. The molecule has 1 aliphatic heterocycles. The van der Waals surface area contributed by atoms with Crippen LogP contribution in [-0.2, 0) is 0 Å². The Balaban J connectivity index is 1.83. The van der Waals surface area contributed by atoms with Gasteiger partial charge in [-0.15, -0.1) is 0 Å². The number of hydrogen-bond donors (Lipinski definition) is 0. The van der Waals surface area contributed by atoms with E-state index in [0.29, 0.717) is 17.1 Å². The number of aryl methyl sites for hydroxylation is 1. The van der Waals surface area contributed by atoms with Crippen LogP contribution in [0.15, 0.2) is 62.3 Å². The molecule has 2 aromatic carbocycles. The number of fused-ring (bicyclic) bond motifs is 2. The SMILES string of the molecule is COc1cccc([C@H]2c3c(oc4ccc(F)cc4c3=O)C(=O)N2c2cc(C)on2)c1. The highest BCUT2D eigenvalue weighted by Crippen LogP contribution is 2.41. The van der Waals surface area contributed by atoms with Gasteiger partial charge in [-0.05, 0) is 42.8 Å². The van der Waals surface area contributed by atoms with E-state index in [9.17, 15) is 14.0 Å². The van der Waals surface area contributed by atoms with Crippen molar-refractivity contribution >= 4 is 22.7 Å². The van der Waals surface area contributed by atoms with Gasteiger partial charge in [0.1, 0.15) is 22.9 Å². The molecule has 3 heterocycles. The zero-order chi connectivity index (χ0) is 21.0. The minimum Gasteiger partial charge on any atom is -0.497 e. The van der Waals surface area contributed by atoms with Gasteiger partial charge < -0.3 is 13.7 Å². The predicted molar refractivity (Wildman–Crippen MR) is 105 cm³/mol. The maximum absolute atomic E-state index is 13.8. The zero-order valence-electron chi connectivity index (χ0n) is 16.0. The molecular weight excluding hydrogens is 391 g/mol. The first-order valence-electron chi connectivity index (χ1n) is 9.15. The van der Waals surface area contributed by atoms with Crippen LogP contribution in [0.2, 0.25) is 0 Å². The van der Waals surface area contributed by atoms with E-state index in [1.165, 1.54) is 24.1 Å². The van der Waals surface area contributed by atoms with Crippen molar-refractivity contribution in [2.24, 2.45) is 0 Å². The van der Waals surface area contributed by atoms with Gasteiger partial charge >= 0.3 is 0 Å². The quantitative estimate of drug-likeness (QED) is 0.511. The second-order valence-corrected chi connectivity index (χ2v) is 6.96. The number of ether oxygens (including phenoxy) is 1. The fraction of sp³-hybridized carbons (Fsp3) is 0.136. The van der Waals surface area contributed by atoms with Crippen LogP contribution >= 0.6 is 0 Å². The molecule has 0 N–H and O–H groups in total. The number of carbonyl (C=O) groups is 1. The van der Waals surface area contributed by atoms with Gasteiger partial charge in [0.05, 0.1) is 24.1 Å². The Labute approximate surface area is 169 Å². The highest BCUT2D eigenvalue weighted by Gasteiger charge is 2.45. The third kappa shape index (κ3) is 2.61. The Hall–Kier alpha value is -3.94. The van der Waals surface area contributed by atoms with Crippen molar-refractivity contribution in [3.05, 3.63) is 87.2 Å². The Morgan fingerprint density at radius 1 is 1.13 bits per heavy atom. The van der Waals surface area contributed by atoms with E-state index in [-0.39, 0.29) is 28.1 Å². The normalized spacial score (nSPS) is 15.6. The van der Waals surface area contributed by atoms with E-state index < -0.39 is 23.2 Å². The molecule has 30 heavy (non-hydrogen) atoms. The van der Waals surface area contributed by atoms with Crippen LogP contribution in [0.25, 0.3) is 11.0 Å². The largest absolute Gasteiger partial charge is 0.497 e. The molecule has 0 aliphatic carbocycles. The van der Waals surface area contributed by atoms with Crippen molar-refractivity contribution in [1.29, 1.82) is 0 Å². The molecule has 0 saturated heterocycles. The van der Waals surface area contributed by atoms with Crippen LogP contribution in [0.4, 0.5) is 10.2 Å². The average molecular weight is 406 g/mol. The van der Waals surface area contributed by atoms with Crippen LogP contribution in [0.5, 0.6) is 5.75 Å². The molecule has 7 nitrogen and oxygen atoms in total. The Morgan fingerprint density at radius 3 is 2.70 bits per heavy atom. The summed E-state index contributed by atoms with van der Waals surface area (Å²) in [6, 6.07) is 11.4. The summed E-state index contributed by atoms with van der Waals surface area (Å²) in [5.41, 5.74) is 0.392. The van der Waals surface area contributed by atoms with Crippen LogP contribution in [0.1, 0.15) is 33.5 Å². The molecule has 0 unspecified atom stereocenters. The first kappa shape index (κ1) is 18.1. The summed E-state index contributed by atoms with van der Waals surface area (Å²) >= 11 is 0. The molecule has 5 rings (SSSR count). The summed E-state index contributed by atoms with van der Waals surface area (Å²) in [7, 11) is 1.52. The molecule has 0 saturated carbocycles. The second kappa shape index (κ2) is 6.55. The Kier molecular flexibility index (Phi) is 3.95. The van der Waals surface area contributed by atoms with Gasteiger partial charge in [-0.3, -0.25) is 14.5 Å². The number of amides is 1. The van der Waals surface area contributed by atoms with E-state index in [1.54, 1.807) is 37.3 Å². The van der Waals surface area contributed by atoms with Crippen molar-refractivity contribution < 1.29 is 22.9 Å². The number of benzene rings is 2. The van der Waals surface area contributed by atoms with Crippen molar-refractivity contribution in [2.45, 2.75) is 13.0 Å². The number of hydrogen-bond acceptors (Lipinski definition) is 6. The van der Waals surface area contributed by atoms with Crippen molar-refractivity contribution in [3.63, 3.8) is 0 Å². The maximum atomic E-state index is 13.8. The molecule has 8 heteroatoms. The van der Waals surface area contributed by atoms with Crippen LogP contribution in [-0.4, -0.2) is 18.2 Å². The number of nitrogens with zero attached hydrogens (tertiary/aromatic N) is 2. The summed E-state index contributed by atoms with van der Waals surface area (Å²) < 4.78 is 30.0. The molecule has 0 spiro atoms. The third-order valence-electron chi connectivity index (χ3n) is 5.10. The number of anilines is 1. The van der Waals surface area contributed by atoms with Gasteiger partial charge in [-0.1, -0.05) is 17.3 Å². The van der Waals surface area contributed by atoms with Gasteiger partial charge in [-0.2, -0.15) is 0 Å². The fourth-order valence-corrected chi connectivity index (χ4v) is 3.78. The van der Waals surface area contributed by atoms with Crippen molar-refractivity contribution in [1.82, 2.24) is 5.16 Å². The minimum atomic E-state index is -0.837. The van der Waals surface area contributed by atoms with E-state index in [2.05, 4.69) is 5.16 Å². The lowest BCUT2D eigenvalue weighted by molar-refractivity contribution is 0.0969. The number of halogens is 1. The van der Waals surface area contributed by atoms with Gasteiger partial charge in [-0.25, -0.2) is 4.39 Å². The lowest BCUT2D eigenvalue weighted by Crippen LogP contribution is -2.29. The van der Waals surface area contributed by atoms with Crippen molar-refractivity contribution in [3.8, 4) is 5.75 Å². The molecule has 2 aromatic heterocycles. The molecular formula is C22H15FN2O5. The van der Waals surface area contributed by atoms with E-state index in [1.807, 2.05) is 0 Å². The smallest absolute Gasteiger partial charge is 0.296 e. The number of methoxy groups -OCH3 is 1. The number of rotatable bonds is 3. The summed E-state index contributed by atoms with van der Waals surface area (Å²) in [6.45, 7) is 1.70. The highest BCUT2D eigenvalue weighted by molar-refractivity contribution is 6.10. The lowest BCUT2D eigenvalue weighted by Gasteiger charge is -2.22. The first-order chi connectivity index (χ1) is 14.5. The minimum absolute atomic E-state index is 0.0626. The molecule has 4 aromatic rings. The summed E-state index contributed by atoms with van der Waals surface area (Å²) in [5, 5.41) is 4.02. The zero-order valence-corrected chi connectivity index (χ0v) is 16.0. The molecule has 0 fully saturated rings. The van der Waals surface area contributed by atoms with E-state index in [4.69, 9.17) is 13.7 Å². The predicted octanol–water partition coefficient (Wildman–Crippen LogP) is 3.99. The van der Waals surface area contributed by atoms with Crippen LogP contribution in [0, 0.1) is 12.7 Å². The van der Waals surface area contributed by atoms with E-state index in [0.717, 1.165) is 6.07 Å². The van der Waals surface area contributed by atoms with Gasteiger partial charge in [0, 0.05) is 6.07 Å². The molecule has 1 aliphatic rings. The van der Waals surface area contributed by atoms with Gasteiger partial charge in [0.25, 0.3) is 5.91 Å². The van der Waals surface area contributed by atoms with Crippen LogP contribution < -0.4 is 15.1 Å². The van der Waals surface area contributed by atoms with Gasteiger partial charge in [0.2, 0.25) is 5.76 Å². The molecule has 0 radical (unpaired) electrons. The molecule has 1 atom stereocenters. The standard InChI is InChI=1S/C22H15FN2O5/c1-11-8-17(24-30-11)25-19(12-4-3-5-14(9-12)28-2)18-20(26)15-10-13(23)6-7-16(15)29-21(18)22(25)27/h3-10,19H,1-2H3/t19-/m0/s1. The average Bonchev–Trinajstić information content (AvgIpc) is 3.30. The Morgan fingerprint density at radius 2 is 1.97 bits per heavy atom. The summed E-state index contributed by atoms with van der Waals surface area (Å²) in [4.78, 5) is 28.0. The Bertz CT molecular complexity index is 1370. The van der Waals surface area contributed by atoms with Crippen LogP contribution in [0.3, 0.4) is 0 Å². The summed E-state index contributed by atoms with van der Waals surface area (Å²) in [6.07, 6.45) is 0. The summed E-state index contributed by atoms with van der Waals surface area (Å²) in [5.74, 6) is 0.0972. The lowest BCUT2D eigenvalue weighted by atomic mass is 9.98. The van der Waals surface area contributed by atoms with Gasteiger partial charge in [0.15, 0.2) is 11.2 Å². The topological polar surface area (TPSA) is 85.8 Å². The first-order valence-corrected chi connectivity index (χ1v) is 9.15.